The van der Waals surface area contributed by atoms with Gasteiger partial charge >= 0.3 is 6.03 Å². The summed E-state index contributed by atoms with van der Waals surface area (Å²) in [6, 6.07) is -0.993. The third-order valence-electron chi connectivity index (χ3n) is 8.59. The number of Topliss-reactive ketones (excluding diaryl/α,β-unsaturated/α-hetero) is 2. The number of nitrogens with zero attached hydrogens (tertiary/aromatic N) is 1. The van der Waals surface area contributed by atoms with Crippen molar-refractivity contribution in [2.24, 2.45) is 34.3 Å². The summed E-state index contributed by atoms with van der Waals surface area (Å²) in [5.74, 6) is -3.35. The zero-order chi connectivity index (χ0) is 33.1. The Labute approximate surface area is 264 Å². The number of carbonyl (C=O) groups is 6. The Morgan fingerprint density at radius 3 is 2.09 bits per heavy atom. The second-order valence-electron chi connectivity index (χ2n) is 14.7. The third kappa shape index (κ3) is 8.67. The molecule has 244 valence electrons. The maximum absolute atomic E-state index is 14.3. The lowest BCUT2D eigenvalue weighted by Gasteiger charge is -2.39. The van der Waals surface area contributed by atoms with Gasteiger partial charge in [0.1, 0.15) is 12.1 Å². The van der Waals surface area contributed by atoms with Crippen LogP contribution in [0.1, 0.15) is 90.7 Å². The van der Waals surface area contributed by atoms with Gasteiger partial charge in [0.2, 0.25) is 17.6 Å². The van der Waals surface area contributed by atoms with Crippen LogP contribution in [0.25, 0.3) is 0 Å². The maximum atomic E-state index is 14.3. The van der Waals surface area contributed by atoms with Crippen LogP contribution in [0.5, 0.6) is 0 Å². The van der Waals surface area contributed by atoms with Gasteiger partial charge in [0.15, 0.2) is 5.78 Å². The van der Waals surface area contributed by atoms with Crippen molar-refractivity contribution in [3.8, 4) is 0 Å². The molecule has 0 aromatic carbocycles. The van der Waals surface area contributed by atoms with E-state index in [0.29, 0.717) is 17.7 Å². The number of likely N-dealkylation sites (tertiary alicyclic amines) is 1. The SMILES string of the molecule is CC(C)[C@H](NC(=O)N[C@H](C(=O)N1CC[C@H](C(C)(C)C)[C@H]1C(=O)NC(CC1CC1)C(=O)C(N)=O)C(C)(C)C)C(=O)c1cccs1. The highest BCUT2D eigenvalue weighted by atomic mass is 32.1. The predicted molar refractivity (Wildman–Crippen MR) is 169 cm³/mol. The van der Waals surface area contributed by atoms with E-state index < -0.39 is 59.1 Å². The summed E-state index contributed by atoms with van der Waals surface area (Å²) in [6.45, 7) is 15.4. The second kappa shape index (κ2) is 13.8. The summed E-state index contributed by atoms with van der Waals surface area (Å²) in [5.41, 5.74) is 4.17. The van der Waals surface area contributed by atoms with Crippen molar-refractivity contribution in [3.05, 3.63) is 22.4 Å². The van der Waals surface area contributed by atoms with Crippen molar-refractivity contribution in [3.63, 3.8) is 0 Å². The molecule has 3 rings (SSSR count). The van der Waals surface area contributed by atoms with Crippen molar-refractivity contribution >= 4 is 46.7 Å². The third-order valence-corrected chi connectivity index (χ3v) is 9.48. The van der Waals surface area contributed by atoms with Gasteiger partial charge in [0.05, 0.1) is 17.0 Å². The van der Waals surface area contributed by atoms with Crippen molar-refractivity contribution < 1.29 is 28.8 Å². The van der Waals surface area contributed by atoms with Gasteiger partial charge in [-0.2, -0.15) is 0 Å². The number of nitrogens with one attached hydrogen (secondary N) is 3. The fraction of sp³-hybridized carbons (Fsp3) is 0.688. The zero-order valence-corrected chi connectivity index (χ0v) is 28.0. The summed E-state index contributed by atoms with van der Waals surface area (Å²) in [4.78, 5) is 81.0. The average Bonchev–Trinajstić information content (AvgIpc) is 3.36. The minimum atomic E-state index is -1.11. The van der Waals surface area contributed by atoms with Gasteiger partial charge in [-0.1, -0.05) is 74.3 Å². The minimum Gasteiger partial charge on any atom is -0.363 e. The number of primary amides is 1. The van der Waals surface area contributed by atoms with Gasteiger partial charge in [-0.05, 0) is 52.9 Å². The van der Waals surface area contributed by atoms with Gasteiger partial charge in [0, 0.05) is 6.54 Å². The first kappa shape index (κ1) is 35.2. The van der Waals surface area contributed by atoms with Gasteiger partial charge in [-0.15, -0.1) is 11.3 Å². The zero-order valence-electron chi connectivity index (χ0n) is 27.2. The lowest BCUT2D eigenvalue weighted by molar-refractivity contribution is -0.145. The molecular weight excluding hydrogens is 582 g/mol. The van der Waals surface area contributed by atoms with E-state index in [1.165, 1.54) is 16.2 Å². The van der Waals surface area contributed by atoms with Crippen LogP contribution in [0.4, 0.5) is 4.79 Å². The maximum Gasteiger partial charge on any atom is 0.316 e. The molecule has 11 nitrogen and oxygen atoms in total. The number of thiophene rings is 1. The Balaban J connectivity index is 1.86. The molecule has 5 amide bonds. The average molecular weight is 632 g/mol. The summed E-state index contributed by atoms with van der Waals surface area (Å²) < 4.78 is 0. The molecule has 0 radical (unpaired) electrons. The number of rotatable bonds is 12. The van der Waals surface area contributed by atoms with Crippen molar-refractivity contribution in [1.82, 2.24) is 20.9 Å². The summed E-state index contributed by atoms with van der Waals surface area (Å²) in [6.07, 6.45) is 2.68. The molecule has 1 saturated heterocycles. The Morgan fingerprint density at radius 2 is 1.61 bits per heavy atom. The largest absolute Gasteiger partial charge is 0.363 e. The predicted octanol–water partition coefficient (Wildman–Crippen LogP) is 3.27. The van der Waals surface area contributed by atoms with E-state index in [9.17, 15) is 28.8 Å². The number of ketones is 2. The van der Waals surface area contributed by atoms with E-state index in [1.54, 1.807) is 17.5 Å². The van der Waals surface area contributed by atoms with Crippen LogP contribution in [-0.4, -0.2) is 70.9 Å². The molecule has 0 bridgehead atoms. The number of urea groups is 1. The van der Waals surface area contributed by atoms with E-state index in [2.05, 4.69) is 16.0 Å². The first-order chi connectivity index (χ1) is 20.3. The van der Waals surface area contributed by atoms with Crippen LogP contribution >= 0.6 is 11.3 Å². The molecule has 2 heterocycles. The van der Waals surface area contributed by atoms with Crippen LogP contribution in [-0.2, 0) is 19.2 Å². The van der Waals surface area contributed by atoms with E-state index in [0.717, 1.165) is 12.8 Å². The molecular formula is C32H49N5O6S. The quantitative estimate of drug-likeness (QED) is 0.204. The highest BCUT2D eigenvalue weighted by molar-refractivity contribution is 7.12. The first-order valence-electron chi connectivity index (χ1n) is 15.4. The molecule has 1 unspecified atom stereocenters. The highest BCUT2D eigenvalue weighted by Gasteiger charge is 2.50. The highest BCUT2D eigenvalue weighted by Crippen LogP contribution is 2.40. The number of amides is 5. The molecule has 0 spiro atoms. The fourth-order valence-corrected chi connectivity index (χ4v) is 6.56. The van der Waals surface area contributed by atoms with Crippen molar-refractivity contribution in [2.45, 2.75) is 105 Å². The first-order valence-corrected chi connectivity index (χ1v) is 16.3. The lowest BCUT2D eigenvalue weighted by atomic mass is 9.75. The van der Waals surface area contributed by atoms with Crippen LogP contribution in [0.2, 0.25) is 0 Å². The minimum absolute atomic E-state index is 0.204. The Kier molecular flexibility index (Phi) is 11.0. The summed E-state index contributed by atoms with van der Waals surface area (Å²) >= 11 is 1.30. The molecule has 1 aliphatic carbocycles. The van der Waals surface area contributed by atoms with Gasteiger partial charge in [-0.25, -0.2) is 4.79 Å². The van der Waals surface area contributed by atoms with Gasteiger partial charge in [-0.3, -0.25) is 24.0 Å². The second-order valence-corrected chi connectivity index (χ2v) is 15.6. The number of nitrogens with two attached hydrogens (primary N) is 1. The molecule has 1 aromatic rings. The van der Waals surface area contributed by atoms with Crippen LogP contribution in [0.3, 0.4) is 0 Å². The van der Waals surface area contributed by atoms with Gasteiger partial charge in [0.25, 0.3) is 5.91 Å². The molecule has 1 aliphatic heterocycles. The van der Waals surface area contributed by atoms with E-state index >= 15 is 0 Å². The van der Waals surface area contributed by atoms with E-state index in [1.807, 2.05) is 55.4 Å². The topological polar surface area (TPSA) is 168 Å². The Bertz CT molecular complexity index is 1240. The fourth-order valence-electron chi connectivity index (χ4n) is 5.85. The Hall–Kier alpha value is -3.28. The van der Waals surface area contributed by atoms with E-state index in [-0.39, 0.29) is 35.5 Å². The molecule has 2 fully saturated rings. The standard InChI is InChI=1S/C32H49N5O6S/c1-17(2)22(25(39)21-10-9-15-44-21)35-30(43)36-26(32(6,7)8)29(42)37-14-13-19(31(3,4)5)23(37)28(41)34-20(16-18-11-12-18)24(38)27(33)40/h9-10,15,17-20,22-23,26H,11-14,16H2,1-8H3,(H2,33,40)(H,34,41)(H2,35,36,43)/t19-,20?,22-,23-,26+/m0/s1. The number of hydrogen-bond acceptors (Lipinski definition) is 7. The van der Waals surface area contributed by atoms with Crippen molar-refractivity contribution in [2.75, 3.05) is 6.54 Å². The Morgan fingerprint density at radius 1 is 0.977 bits per heavy atom. The van der Waals surface area contributed by atoms with Crippen LogP contribution < -0.4 is 21.7 Å². The molecule has 12 heteroatoms. The smallest absolute Gasteiger partial charge is 0.316 e. The molecule has 1 aromatic heterocycles. The molecule has 5 atom stereocenters. The number of hydrogen-bond donors (Lipinski definition) is 4. The molecule has 5 N–H and O–H groups in total. The molecule has 44 heavy (non-hydrogen) atoms. The monoisotopic (exact) mass is 631 g/mol. The number of carbonyl (C=O) groups excluding carboxylic acids is 6. The van der Waals surface area contributed by atoms with Crippen LogP contribution in [0, 0.1) is 28.6 Å². The summed E-state index contributed by atoms with van der Waals surface area (Å²) in [5, 5.41) is 10.1. The molecule has 1 saturated carbocycles. The van der Waals surface area contributed by atoms with Crippen LogP contribution in [0.15, 0.2) is 17.5 Å². The van der Waals surface area contributed by atoms with E-state index in [4.69, 9.17) is 5.73 Å². The normalized spacial score (nSPS) is 20.9. The summed E-state index contributed by atoms with van der Waals surface area (Å²) in [7, 11) is 0. The lowest BCUT2D eigenvalue weighted by Crippen LogP contribution is -2.62. The molecule has 2 aliphatic rings. The van der Waals surface area contributed by atoms with Gasteiger partial charge < -0.3 is 26.6 Å². The van der Waals surface area contributed by atoms with Crippen molar-refractivity contribution in [1.29, 1.82) is 0 Å².